The highest BCUT2D eigenvalue weighted by Gasteiger charge is 2.33. The van der Waals surface area contributed by atoms with Gasteiger partial charge in [0.05, 0.1) is 16.9 Å². The zero-order valence-corrected chi connectivity index (χ0v) is 17.0. The highest BCUT2D eigenvalue weighted by atomic mass is 19.4. The van der Waals surface area contributed by atoms with E-state index in [0.717, 1.165) is 59.9 Å². The molecule has 0 saturated carbocycles. The van der Waals surface area contributed by atoms with Gasteiger partial charge in [0.15, 0.2) is 0 Å². The van der Waals surface area contributed by atoms with Crippen molar-refractivity contribution in [2.75, 3.05) is 28.7 Å². The molecule has 0 radical (unpaired) electrons. The van der Waals surface area contributed by atoms with Crippen LogP contribution in [0.1, 0.15) is 36.6 Å². The van der Waals surface area contributed by atoms with E-state index in [1.54, 1.807) is 0 Å². The lowest BCUT2D eigenvalue weighted by Crippen LogP contribution is -2.36. The fourth-order valence-corrected chi connectivity index (χ4v) is 4.18. The minimum absolute atomic E-state index is 0.0187. The molecule has 2 heterocycles. The Hall–Kier alpha value is -3.08. The number of nitrogens with two attached hydrogens (primary N) is 2. The Morgan fingerprint density at radius 1 is 1.26 bits per heavy atom. The smallest absolute Gasteiger partial charge is 0.399 e. The zero-order chi connectivity index (χ0) is 22.3. The van der Waals surface area contributed by atoms with Crippen molar-refractivity contribution in [3.63, 3.8) is 0 Å². The van der Waals surface area contributed by atoms with Gasteiger partial charge in [-0.3, -0.25) is 4.79 Å². The number of alkyl halides is 3. The number of halogens is 3. The molecule has 2 aliphatic rings. The Balaban J connectivity index is 1.68. The van der Waals surface area contributed by atoms with E-state index < -0.39 is 11.7 Å². The monoisotopic (exact) mass is 435 g/mol. The lowest BCUT2D eigenvalue weighted by molar-refractivity contribution is -0.137. The van der Waals surface area contributed by atoms with Gasteiger partial charge < -0.3 is 16.0 Å². The second kappa shape index (κ2) is 7.88. The van der Waals surface area contributed by atoms with Crippen molar-refractivity contribution < 1.29 is 18.0 Å². The van der Waals surface area contributed by atoms with Crippen molar-refractivity contribution in [3.05, 3.63) is 35.0 Å². The summed E-state index contributed by atoms with van der Waals surface area (Å²) in [7, 11) is 0. The molecule has 1 saturated heterocycles. The lowest BCUT2D eigenvalue weighted by atomic mass is 10.1. The molecule has 1 aliphatic carbocycles. The van der Waals surface area contributed by atoms with Crippen molar-refractivity contribution in [2.45, 2.75) is 44.8 Å². The maximum absolute atomic E-state index is 13.2. The molecule has 2 aromatic rings. The van der Waals surface area contributed by atoms with Crippen molar-refractivity contribution in [1.82, 2.24) is 15.3 Å². The summed E-state index contributed by atoms with van der Waals surface area (Å²) in [6, 6.07) is 3.16. The Labute approximate surface area is 177 Å². The van der Waals surface area contributed by atoms with Gasteiger partial charge in [-0.15, -0.1) is 0 Å². The highest BCUT2D eigenvalue weighted by Crippen LogP contribution is 2.36. The number of amides is 1. The summed E-state index contributed by atoms with van der Waals surface area (Å²) in [4.78, 5) is 22.6. The molecule has 1 aromatic carbocycles. The van der Waals surface area contributed by atoms with Crippen LogP contribution in [0.5, 0.6) is 0 Å². The number of hydrazine groups is 1. The van der Waals surface area contributed by atoms with Gasteiger partial charge in [0.1, 0.15) is 5.82 Å². The Morgan fingerprint density at radius 2 is 2.03 bits per heavy atom. The molecule has 166 valence electrons. The van der Waals surface area contributed by atoms with Gasteiger partial charge in [-0.1, -0.05) is 0 Å². The first-order valence-electron chi connectivity index (χ1n) is 10.1. The standard InChI is InChI=1S/C20H24F3N7O/c1-11(31)26-14-5-6-29(10-14)18-16-3-2-4-17(16)27-19(28-18)30(25)15-8-12(20(21,22)23)7-13(24)9-15/h7-9,14H,2-6,10,24-25H2,1H3,(H,26,31). The predicted molar refractivity (Wildman–Crippen MR) is 111 cm³/mol. The van der Waals surface area contributed by atoms with Gasteiger partial charge in [0, 0.05) is 37.3 Å². The van der Waals surface area contributed by atoms with Gasteiger partial charge >= 0.3 is 6.18 Å². The summed E-state index contributed by atoms with van der Waals surface area (Å²) in [6.45, 7) is 2.79. The quantitative estimate of drug-likeness (QED) is 0.384. The summed E-state index contributed by atoms with van der Waals surface area (Å²) >= 11 is 0. The zero-order valence-electron chi connectivity index (χ0n) is 17.0. The minimum atomic E-state index is -4.55. The molecule has 4 rings (SSSR count). The molecule has 1 aromatic heterocycles. The number of aromatic nitrogens is 2. The molecule has 8 nitrogen and oxygen atoms in total. The largest absolute Gasteiger partial charge is 0.416 e. The van der Waals surface area contributed by atoms with E-state index >= 15 is 0 Å². The van der Waals surface area contributed by atoms with Gasteiger partial charge in [-0.2, -0.15) is 18.2 Å². The summed E-state index contributed by atoms with van der Waals surface area (Å²) < 4.78 is 39.6. The minimum Gasteiger partial charge on any atom is -0.399 e. The van der Waals surface area contributed by atoms with E-state index in [1.165, 1.54) is 13.0 Å². The van der Waals surface area contributed by atoms with Crippen molar-refractivity contribution in [3.8, 4) is 0 Å². The van der Waals surface area contributed by atoms with E-state index in [4.69, 9.17) is 11.6 Å². The van der Waals surface area contributed by atoms with Gasteiger partial charge in [0.2, 0.25) is 11.9 Å². The molecular weight excluding hydrogens is 411 g/mol. The van der Waals surface area contributed by atoms with Crippen LogP contribution in [0.25, 0.3) is 0 Å². The molecule has 0 spiro atoms. The van der Waals surface area contributed by atoms with Crippen LogP contribution >= 0.6 is 0 Å². The number of nitrogen functional groups attached to an aromatic ring is 1. The van der Waals surface area contributed by atoms with E-state index in [1.807, 2.05) is 0 Å². The number of carbonyl (C=O) groups is 1. The maximum atomic E-state index is 13.2. The Morgan fingerprint density at radius 3 is 2.74 bits per heavy atom. The molecule has 1 aliphatic heterocycles. The molecule has 31 heavy (non-hydrogen) atoms. The number of nitrogens with zero attached hydrogens (tertiary/aromatic N) is 4. The molecule has 1 unspecified atom stereocenters. The van der Waals surface area contributed by atoms with Crippen LogP contribution in [-0.4, -0.2) is 35.0 Å². The van der Waals surface area contributed by atoms with Crippen LogP contribution in [-0.2, 0) is 23.8 Å². The van der Waals surface area contributed by atoms with Gasteiger partial charge in [-0.05, 0) is 43.9 Å². The number of carbonyl (C=O) groups excluding carboxylic acids is 1. The second-order valence-electron chi connectivity index (χ2n) is 7.94. The first-order valence-corrected chi connectivity index (χ1v) is 10.1. The Kier molecular flexibility index (Phi) is 5.38. The number of hydrogen-bond acceptors (Lipinski definition) is 7. The molecule has 5 N–H and O–H groups in total. The van der Waals surface area contributed by atoms with Crippen molar-refractivity contribution in [2.24, 2.45) is 5.84 Å². The fourth-order valence-electron chi connectivity index (χ4n) is 4.18. The third-order valence-electron chi connectivity index (χ3n) is 5.56. The third kappa shape index (κ3) is 4.36. The molecule has 11 heteroatoms. The third-order valence-corrected chi connectivity index (χ3v) is 5.56. The van der Waals surface area contributed by atoms with Crippen LogP contribution in [0.3, 0.4) is 0 Å². The average molecular weight is 435 g/mol. The summed E-state index contributed by atoms with van der Waals surface area (Å²) in [5.74, 6) is 6.91. The van der Waals surface area contributed by atoms with Crippen LogP contribution in [0.15, 0.2) is 18.2 Å². The first kappa shape index (κ1) is 21.2. The molecule has 1 fully saturated rings. The van der Waals surface area contributed by atoms with E-state index in [0.29, 0.717) is 13.1 Å². The number of hydrogen-bond donors (Lipinski definition) is 3. The molecule has 1 amide bonds. The van der Waals surface area contributed by atoms with E-state index in [9.17, 15) is 18.0 Å². The predicted octanol–water partition coefficient (Wildman–Crippen LogP) is 2.29. The number of fused-ring (bicyclic) bond motifs is 1. The number of nitrogens with one attached hydrogen (secondary N) is 1. The van der Waals surface area contributed by atoms with Gasteiger partial charge in [-0.25, -0.2) is 15.8 Å². The van der Waals surface area contributed by atoms with Crippen LogP contribution < -0.4 is 26.8 Å². The summed E-state index contributed by atoms with van der Waals surface area (Å²) in [6.07, 6.45) is -1.27. The molecule has 1 atom stereocenters. The van der Waals surface area contributed by atoms with Crippen LogP contribution in [0, 0.1) is 0 Å². The van der Waals surface area contributed by atoms with Crippen LogP contribution in [0.4, 0.5) is 36.3 Å². The molecule has 0 bridgehead atoms. The Bertz CT molecular complexity index is 1010. The first-order chi connectivity index (χ1) is 14.6. The van der Waals surface area contributed by atoms with E-state index in [2.05, 4.69) is 20.2 Å². The second-order valence-corrected chi connectivity index (χ2v) is 7.94. The summed E-state index contributed by atoms with van der Waals surface area (Å²) in [5.41, 5.74) is 6.66. The SMILES string of the molecule is CC(=O)NC1CCN(c2nc(N(N)c3cc(N)cc(C(F)(F)F)c3)nc3c2CCC3)C1. The number of benzene rings is 1. The summed E-state index contributed by atoms with van der Waals surface area (Å²) in [5, 5.41) is 3.96. The van der Waals surface area contributed by atoms with Crippen molar-refractivity contribution >= 4 is 29.0 Å². The van der Waals surface area contributed by atoms with E-state index in [-0.39, 0.29) is 29.3 Å². The average Bonchev–Trinajstić information content (AvgIpc) is 3.34. The van der Waals surface area contributed by atoms with Gasteiger partial charge in [0.25, 0.3) is 0 Å². The number of aryl methyl sites for hydroxylation is 1. The fraction of sp³-hybridized carbons (Fsp3) is 0.450. The number of rotatable bonds is 4. The lowest BCUT2D eigenvalue weighted by Gasteiger charge is -2.24. The number of anilines is 4. The normalized spacial score (nSPS) is 18.2. The van der Waals surface area contributed by atoms with Crippen molar-refractivity contribution in [1.29, 1.82) is 0 Å². The van der Waals surface area contributed by atoms with Crippen LogP contribution in [0.2, 0.25) is 0 Å². The molecular formula is C20H24F3N7O. The maximum Gasteiger partial charge on any atom is 0.416 e. The highest BCUT2D eigenvalue weighted by molar-refractivity contribution is 5.73. The topological polar surface area (TPSA) is 113 Å².